The largest absolute Gasteiger partial charge is 0.310 e. The molecule has 0 atom stereocenters. The second-order valence-electron chi connectivity index (χ2n) is 4.45. The molecule has 0 bridgehead atoms. The highest BCUT2D eigenvalue weighted by Gasteiger charge is 2.25. The van der Waals surface area contributed by atoms with Gasteiger partial charge in [0.05, 0.1) is 12.1 Å². The van der Waals surface area contributed by atoms with Crippen molar-refractivity contribution in [3.63, 3.8) is 0 Å². The number of nitrogens with one attached hydrogen (secondary N) is 1. The molecule has 0 radical (unpaired) electrons. The van der Waals surface area contributed by atoms with E-state index in [9.17, 15) is 4.79 Å². The molecule has 2 aromatic rings. The van der Waals surface area contributed by atoms with Gasteiger partial charge >= 0.3 is 0 Å². The van der Waals surface area contributed by atoms with Crippen LogP contribution in [-0.2, 0) is 6.42 Å². The minimum atomic E-state index is -0.0508. The fourth-order valence-corrected chi connectivity index (χ4v) is 2.60. The zero-order valence-electron chi connectivity index (χ0n) is 9.56. The lowest BCUT2D eigenvalue weighted by atomic mass is 10.2. The summed E-state index contributed by atoms with van der Waals surface area (Å²) in [7, 11) is 0. The zero-order valence-corrected chi connectivity index (χ0v) is 10.4. The fraction of sp³-hybridized carbons (Fsp3) is 0.417. The van der Waals surface area contributed by atoms with Crippen LogP contribution in [0.4, 0.5) is 0 Å². The zero-order chi connectivity index (χ0) is 11.8. The molecule has 1 aliphatic carbocycles. The quantitative estimate of drug-likeness (QED) is 0.902. The number of aromatic nitrogens is 3. The number of thiazole rings is 1. The first-order valence-electron chi connectivity index (χ1n) is 5.72. The molecule has 1 saturated carbocycles. The van der Waals surface area contributed by atoms with Crippen molar-refractivity contribution in [3.05, 3.63) is 44.0 Å². The summed E-state index contributed by atoms with van der Waals surface area (Å²) >= 11 is 1.61. The predicted octanol–water partition coefficient (Wildman–Crippen LogP) is 2.00. The average Bonchev–Trinajstić information content (AvgIpc) is 3.03. The van der Waals surface area contributed by atoms with E-state index in [0.717, 1.165) is 35.1 Å². The van der Waals surface area contributed by atoms with Crippen molar-refractivity contribution >= 4 is 11.3 Å². The van der Waals surface area contributed by atoms with Crippen molar-refractivity contribution in [1.82, 2.24) is 15.0 Å². The van der Waals surface area contributed by atoms with E-state index in [2.05, 4.69) is 15.0 Å². The Morgan fingerprint density at radius 3 is 2.94 bits per heavy atom. The Morgan fingerprint density at radius 1 is 1.47 bits per heavy atom. The van der Waals surface area contributed by atoms with E-state index in [-0.39, 0.29) is 5.56 Å². The Labute approximate surface area is 103 Å². The number of rotatable bonds is 3. The van der Waals surface area contributed by atoms with Crippen molar-refractivity contribution in [3.8, 4) is 0 Å². The van der Waals surface area contributed by atoms with E-state index in [1.165, 1.54) is 0 Å². The third kappa shape index (κ3) is 2.44. The maximum Gasteiger partial charge on any atom is 0.251 e. The molecular formula is C12H13N3OS. The first-order chi connectivity index (χ1) is 8.20. The lowest BCUT2D eigenvalue weighted by molar-refractivity contribution is 0.876. The second kappa shape index (κ2) is 4.07. The number of nitrogens with zero attached hydrogens (tertiary/aromatic N) is 2. The number of H-pyrrole nitrogens is 1. The SMILES string of the molecule is Cc1csc(Cc2nc(C3CC3)cc(=O)[nH]2)n1. The minimum absolute atomic E-state index is 0.0508. The smallest absolute Gasteiger partial charge is 0.251 e. The lowest BCUT2D eigenvalue weighted by Gasteiger charge is -2.01. The monoisotopic (exact) mass is 247 g/mol. The van der Waals surface area contributed by atoms with Crippen LogP contribution in [0.15, 0.2) is 16.2 Å². The van der Waals surface area contributed by atoms with Crippen LogP contribution in [0.2, 0.25) is 0 Å². The van der Waals surface area contributed by atoms with Gasteiger partial charge in [0.15, 0.2) is 0 Å². The normalized spacial score (nSPS) is 15.1. The molecule has 1 N–H and O–H groups in total. The molecule has 0 amide bonds. The van der Waals surface area contributed by atoms with E-state index in [4.69, 9.17) is 0 Å². The second-order valence-corrected chi connectivity index (χ2v) is 5.39. The number of hydrogen-bond acceptors (Lipinski definition) is 4. The molecule has 3 rings (SSSR count). The van der Waals surface area contributed by atoms with Gasteiger partial charge in [0.2, 0.25) is 0 Å². The predicted molar refractivity (Wildman–Crippen MR) is 66.5 cm³/mol. The molecule has 88 valence electrons. The van der Waals surface area contributed by atoms with E-state index < -0.39 is 0 Å². The van der Waals surface area contributed by atoms with Gasteiger partial charge in [-0.05, 0) is 19.8 Å². The van der Waals surface area contributed by atoms with Crippen LogP contribution in [0.5, 0.6) is 0 Å². The van der Waals surface area contributed by atoms with E-state index >= 15 is 0 Å². The lowest BCUT2D eigenvalue weighted by Crippen LogP contribution is -2.12. The maximum atomic E-state index is 11.5. The highest BCUT2D eigenvalue weighted by Crippen LogP contribution is 2.38. The van der Waals surface area contributed by atoms with Gasteiger partial charge < -0.3 is 4.98 Å². The highest BCUT2D eigenvalue weighted by atomic mass is 32.1. The Kier molecular flexibility index (Phi) is 2.55. The number of aryl methyl sites for hydroxylation is 1. The number of hydrogen-bond donors (Lipinski definition) is 1. The van der Waals surface area contributed by atoms with Crippen molar-refractivity contribution in [2.24, 2.45) is 0 Å². The standard InChI is InChI=1S/C12H13N3OS/c1-7-6-17-12(13-7)5-10-14-9(8-2-3-8)4-11(16)15-10/h4,6,8H,2-3,5H2,1H3,(H,14,15,16). The molecule has 2 heterocycles. The van der Waals surface area contributed by atoms with Gasteiger partial charge in [-0.3, -0.25) is 4.79 Å². The van der Waals surface area contributed by atoms with Gasteiger partial charge in [0, 0.05) is 23.1 Å². The summed E-state index contributed by atoms with van der Waals surface area (Å²) in [6.45, 7) is 1.97. The summed E-state index contributed by atoms with van der Waals surface area (Å²) in [5.74, 6) is 1.24. The molecule has 0 aromatic carbocycles. The Morgan fingerprint density at radius 2 is 2.29 bits per heavy atom. The average molecular weight is 247 g/mol. The maximum absolute atomic E-state index is 11.5. The van der Waals surface area contributed by atoms with Crippen LogP contribution in [0.3, 0.4) is 0 Å². The Bertz CT molecular complexity index is 598. The van der Waals surface area contributed by atoms with Gasteiger partial charge in [-0.1, -0.05) is 0 Å². The first-order valence-corrected chi connectivity index (χ1v) is 6.60. The van der Waals surface area contributed by atoms with Crippen LogP contribution >= 0.6 is 11.3 Å². The van der Waals surface area contributed by atoms with Crippen LogP contribution in [-0.4, -0.2) is 15.0 Å². The summed E-state index contributed by atoms with van der Waals surface area (Å²) in [6, 6.07) is 1.62. The summed E-state index contributed by atoms with van der Waals surface area (Å²) in [6.07, 6.45) is 2.94. The van der Waals surface area contributed by atoms with Crippen LogP contribution in [0.1, 0.15) is 41.0 Å². The third-order valence-electron chi connectivity index (χ3n) is 2.79. The van der Waals surface area contributed by atoms with Crippen molar-refractivity contribution < 1.29 is 0 Å². The van der Waals surface area contributed by atoms with Crippen LogP contribution in [0.25, 0.3) is 0 Å². The molecule has 0 saturated heterocycles. The highest BCUT2D eigenvalue weighted by molar-refractivity contribution is 7.09. The van der Waals surface area contributed by atoms with Gasteiger partial charge in [0.1, 0.15) is 10.8 Å². The molecule has 0 aliphatic heterocycles. The molecule has 4 nitrogen and oxygen atoms in total. The summed E-state index contributed by atoms with van der Waals surface area (Å²) in [5.41, 5.74) is 1.91. The van der Waals surface area contributed by atoms with E-state index in [1.54, 1.807) is 17.4 Å². The molecule has 5 heteroatoms. The fourth-order valence-electron chi connectivity index (χ4n) is 1.83. The van der Waals surface area contributed by atoms with Crippen molar-refractivity contribution in [2.75, 3.05) is 0 Å². The molecule has 1 aliphatic rings. The minimum Gasteiger partial charge on any atom is -0.310 e. The van der Waals surface area contributed by atoms with E-state index in [1.807, 2.05) is 12.3 Å². The number of aromatic amines is 1. The van der Waals surface area contributed by atoms with Crippen LogP contribution < -0.4 is 5.56 Å². The Hall–Kier alpha value is -1.49. The van der Waals surface area contributed by atoms with Gasteiger partial charge in [0.25, 0.3) is 5.56 Å². The van der Waals surface area contributed by atoms with Crippen molar-refractivity contribution in [1.29, 1.82) is 0 Å². The molecule has 0 spiro atoms. The molecule has 1 fully saturated rings. The molecule has 17 heavy (non-hydrogen) atoms. The molecular weight excluding hydrogens is 234 g/mol. The first kappa shape index (κ1) is 10.7. The topological polar surface area (TPSA) is 58.6 Å². The summed E-state index contributed by atoms with van der Waals surface area (Å²) in [4.78, 5) is 23.2. The molecule has 0 unspecified atom stereocenters. The third-order valence-corrected chi connectivity index (χ3v) is 3.76. The van der Waals surface area contributed by atoms with Gasteiger partial charge in [-0.2, -0.15) is 0 Å². The van der Waals surface area contributed by atoms with Crippen molar-refractivity contribution in [2.45, 2.75) is 32.1 Å². The summed E-state index contributed by atoms with van der Waals surface area (Å²) < 4.78 is 0. The Balaban J connectivity index is 1.89. The van der Waals surface area contributed by atoms with E-state index in [0.29, 0.717) is 12.3 Å². The van der Waals surface area contributed by atoms with Gasteiger partial charge in [-0.15, -0.1) is 11.3 Å². The van der Waals surface area contributed by atoms with Gasteiger partial charge in [-0.25, -0.2) is 9.97 Å². The van der Waals surface area contributed by atoms with Crippen LogP contribution in [0, 0.1) is 6.92 Å². The summed E-state index contributed by atoms with van der Waals surface area (Å²) in [5, 5.41) is 3.01. The molecule has 2 aromatic heterocycles.